The number of hydrogen-bond acceptors (Lipinski definition) is 4. The van der Waals surface area contributed by atoms with E-state index in [9.17, 15) is 9.90 Å². The molecule has 0 bridgehead atoms. The van der Waals surface area contributed by atoms with Crippen LogP contribution in [0.3, 0.4) is 0 Å². The molecule has 2 N–H and O–H groups in total. The van der Waals surface area contributed by atoms with Crippen molar-refractivity contribution < 1.29 is 9.90 Å². The van der Waals surface area contributed by atoms with Gasteiger partial charge in [0.05, 0.1) is 10.0 Å². The van der Waals surface area contributed by atoms with Crippen LogP contribution in [0.2, 0.25) is 10.0 Å². The van der Waals surface area contributed by atoms with E-state index in [1.807, 2.05) is 18.2 Å². The van der Waals surface area contributed by atoms with Crippen molar-refractivity contribution in [1.82, 2.24) is 9.97 Å². The topological polar surface area (TPSA) is 75.1 Å². The number of amides is 1. The van der Waals surface area contributed by atoms with Crippen LogP contribution in [0.4, 0.5) is 5.82 Å². The van der Waals surface area contributed by atoms with E-state index in [-0.39, 0.29) is 11.7 Å². The van der Waals surface area contributed by atoms with Gasteiger partial charge in [-0.1, -0.05) is 66.5 Å². The van der Waals surface area contributed by atoms with Gasteiger partial charge in [0.2, 0.25) is 5.91 Å². The molecular formula is C24H19Cl2N3O2. The van der Waals surface area contributed by atoms with Crippen LogP contribution in [0, 0.1) is 5.92 Å². The molecule has 4 aromatic rings. The average Bonchev–Trinajstić information content (AvgIpc) is 2.79. The molecule has 0 saturated heterocycles. The largest absolute Gasteiger partial charge is 0.505 e. The number of aromatic nitrogens is 2. The van der Waals surface area contributed by atoms with E-state index in [2.05, 4.69) is 15.3 Å². The zero-order valence-electron chi connectivity index (χ0n) is 16.6. The molecule has 2 aromatic carbocycles. The SMILES string of the molecule is CC(C(=O)Nc1ccccn1)C(c1cccc(Cl)c1Cl)c1ccc2cccnc2c1O. The lowest BCUT2D eigenvalue weighted by molar-refractivity contribution is -0.119. The van der Waals surface area contributed by atoms with E-state index < -0.39 is 11.8 Å². The minimum absolute atomic E-state index is 0.0108. The maximum absolute atomic E-state index is 13.1. The number of benzene rings is 2. The van der Waals surface area contributed by atoms with E-state index in [0.29, 0.717) is 32.5 Å². The highest BCUT2D eigenvalue weighted by Crippen LogP contribution is 2.43. The molecule has 4 rings (SSSR count). The van der Waals surface area contributed by atoms with E-state index in [1.54, 1.807) is 61.8 Å². The van der Waals surface area contributed by atoms with Gasteiger partial charge in [0.15, 0.2) is 0 Å². The highest BCUT2D eigenvalue weighted by molar-refractivity contribution is 6.42. The van der Waals surface area contributed by atoms with Crippen molar-refractivity contribution in [2.75, 3.05) is 5.32 Å². The Balaban J connectivity index is 1.83. The summed E-state index contributed by atoms with van der Waals surface area (Å²) in [4.78, 5) is 21.6. The van der Waals surface area contributed by atoms with E-state index >= 15 is 0 Å². The van der Waals surface area contributed by atoms with Crippen LogP contribution in [0.15, 0.2) is 73.1 Å². The molecular weight excluding hydrogens is 433 g/mol. The normalized spacial score (nSPS) is 13.0. The lowest BCUT2D eigenvalue weighted by Crippen LogP contribution is -2.27. The molecule has 2 unspecified atom stereocenters. The maximum atomic E-state index is 13.1. The second-order valence-corrected chi connectivity index (χ2v) is 7.98. The first-order valence-electron chi connectivity index (χ1n) is 9.69. The summed E-state index contributed by atoms with van der Waals surface area (Å²) in [6, 6.07) is 17.9. The number of nitrogens with one attached hydrogen (secondary N) is 1. The Morgan fingerprint density at radius 2 is 1.74 bits per heavy atom. The summed E-state index contributed by atoms with van der Waals surface area (Å²) in [5.74, 6) is -0.983. The van der Waals surface area contributed by atoms with Crippen molar-refractivity contribution in [2.24, 2.45) is 5.92 Å². The maximum Gasteiger partial charge on any atom is 0.229 e. The lowest BCUT2D eigenvalue weighted by Gasteiger charge is -2.26. The molecule has 1 amide bonds. The Morgan fingerprint density at radius 1 is 0.935 bits per heavy atom. The number of hydrogen-bond donors (Lipinski definition) is 2. The summed E-state index contributed by atoms with van der Waals surface area (Å²) in [6.45, 7) is 1.78. The molecule has 7 heteroatoms. The van der Waals surface area contributed by atoms with E-state index in [4.69, 9.17) is 23.2 Å². The minimum atomic E-state index is -0.606. The fourth-order valence-electron chi connectivity index (χ4n) is 3.69. The first-order chi connectivity index (χ1) is 15.0. The summed E-state index contributed by atoms with van der Waals surface area (Å²) >= 11 is 12.8. The third-order valence-corrected chi connectivity index (χ3v) is 6.09. The Kier molecular flexibility index (Phi) is 6.07. The number of carbonyl (C=O) groups excluding carboxylic acids is 1. The zero-order valence-corrected chi connectivity index (χ0v) is 18.1. The number of pyridine rings is 2. The molecule has 2 aromatic heterocycles. The first kappa shape index (κ1) is 21.1. The summed E-state index contributed by atoms with van der Waals surface area (Å²) in [6.07, 6.45) is 3.22. The quantitative estimate of drug-likeness (QED) is 0.387. The molecule has 0 aliphatic carbocycles. The number of halogens is 2. The first-order valence-corrected chi connectivity index (χ1v) is 10.5. The van der Waals surface area contributed by atoms with Gasteiger partial charge in [0.25, 0.3) is 0 Å². The molecule has 156 valence electrons. The molecule has 2 heterocycles. The van der Waals surface area contributed by atoms with Crippen LogP contribution in [-0.2, 0) is 4.79 Å². The summed E-state index contributed by atoms with van der Waals surface area (Å²) in [5, 5.41) is 15.4. The van der Waals surface area contributed by atoms with Gasteiger partial charge in [-0.2, -0.15) is 0 Å². The predicted octanol–water partition coefficient (Wildman–Crippen LogP) is 6.05. The number of rotatable bonds is 5. The van der Waals surface area contributed by atoms with Gasteiger partial charge in [-0.25, -0.2) is 4.98 Å². The molecule has 0 saturated carbocycles. The molecule has 0 aliphatic rings. The van der Waals surface area contributed by atoms with Crippen molar-refractivity contribution in [3.63, 3.8) is 0 Å². The van der Waals surface area contributed by atoms with Crippen LogP contribution in [0.25, 0.3) is 10.9 Å². The third-order valence-electron chi connectivity index (χ3n) is 5.26. The second kappa shape index (κ2) is 8.92. The average molecular weight is 452 g/mol. The highest BCUT2D eigenvalue weighted by Gasteiger charge is 2.32. The molecule has 5 nitrogen and oxygen atoms in total. The van der Waals surface area contributed by atoms with Gasteiger partial charge < -0.3 is 10.4 Å². The molecule has 0 fully saturated rings. The van der Waals surface area contributed by atoms with E-state index in [0.717, 1.165) is 5.39 Å². The van der Waals surface area contributed by atoms with Gasteiger partial charge in [0, 0.05) is 35.2 Å². The number of anilines is 1. The summed E-state index contributed by atoms with van der Waals surface area (Å²) in [7, 11) is 0. The number of aromatic hydroxyl groups is 1. The Bertz CT molecular complexity index is 1250. The predicted molar refractivity (Wildman–Crippen MR) is 124 cm³/mol. The van der Waals surface area contributed by atoms with Gasteiger partial charge in [-0.3, -0.25) is 9.78 Å². The smallest absolute Gasteiger partial charge is 0.229 e. The molecule has 2 atom stereocenters. The van der Waals surface area contributed by atoms with Gasteiger partial charge >= 0.3 is 0 Å². The summed E-state index contributed by atoms with van der Waals surface area (Å²) in [5.41, 5.74) is 1.64. The Labute approximate surface area is 189 Å². The molecule has 0 radical (unpaired) electrons. The van der Waals surface area contributed by atoms with E-state index in [1.165, 1.54) is 0 Å². The number of phenolic OH excluding ortho intramolecular Hbond substituents is 1. The Hall–Kier alpha value is -3.15. The number of carbonyl (C=O) groups is 1. The molecule has 0 aliphatic heterocycles. The fourth-order valence-corrected chi connectivity index (χ4v) is 4.12. The van der Waals surface area contributed by atoms with Gasteiger partial charge in [0.1, 0.15) is 17.1 Å². The second-order valence-electron chi connectivity index (χ2n) is 7.19. The molecule has 31 heavy (non-hydrogen) atoms. The monoisotopic (exact) mass is 451 g/mol. The zero-order chi connectivity index (χ0) is 22.0. The number of nitrogens with zero attached hydrogens (tertiary/aromatic N) is 2. The minimum Gasteiger partial charge on any atom is -0.505 e. The van der Waals surface area contributed by atoms with Crippen LogP contribution in [0.1, 0.15) is 24.0 Å². The van der Waals surface area contributed by atoms with Crippen molar-refractivity contribution in [2.45, 2.75) is 12.8 Å². The lowest BCUT2D eigenvalue weighted by atomic mass is 9.80. The van der Waals surface area contributed by atoms with Crippen LogP contribution >= 0.6 is 23.2 Å². The third kappa shape index (κ3) is 4.20. The number of phenols is 1. The van der Waals surface area contributed by atoms with Crippen molar-refractivity contribution >= 4 is 45.8 Å². The number of fused-ring (bicyclic) bond motifs is 1. The fraction of sp³-hybridized carbons (Fsp3) is 0.125. The standard InChI is InChI=1S/C24H19Cl2N3O2/c1-14(24(31)29-19-9-2-3-12-27-19)20(16-7-4-8-18(25)21(16)26)17-11-10-15-6-5-13-28-22(15)23(17)30/h2-14,20,30H,1H3,(H,27,29,31). The molecule has 0 spiro atoms. The van der Waals surface area contributed by atoms with Crippen LogP contribution in [-0.4, -0.2) is 21.0 Å². The Morgan fingerprint density at radius 3 is 2.52 bits per heavy atom. The van der Waals surface area contributed by atoms with Crippen molar-refractivity contribution in [3.8, 4) is 5.75 Å². The van der Waals surface area contributed by atoms with Gasteiger partial charge in [-0.05, 0) is 29.8 Å². The van der Waals surface area contributed by atoms with Crippen LogP contribution < -0.4 is 5.32 Å². The summed E-state index contributed by atoms with van der Waals surface area (Å²) < 4.78 is 0. The van der Waals surface area contributed by atoms with Crippen molar-refractivity contribution in [1.29, 1.82) is 0 Å². The van der Waals surface area contributed by atoms with Gasteiger partial charge in [-0.15, -0.1) is 0 Å². The van der Waals surface area contributed by atoms with Crippen molar-refractivity contribution in [3.05, 3.63) is 94.2 Å². The highest BCUT2D eigenvalue weighted by atomic mass is 35.5. The van der Waals surface area contributed by atoms with Crippen LogP contribution in [0.5, 0.6) is 5.75 Å².